The molecule has 0 radical (unpaired) electrons. The second-order valence-electron chi connectivity index (χ2n) is 6.55. The molecule has 1 N–H and O–H groups in total. The Morgan fingerprint density at radius 1 is 1.23 bits per heavy atom. The van der Waals surface area contributed by atoms with E-state index in [1.165, 1.54) is 13.8 Å². The highest BCUT2D eigenvalue weighted by Crippen LogP contribution is 2.32. The molecule has 2 rings (SSSR count). The lowest BCUT2D eigenvalue weighted by Gasteiger charge is -2.23. The van der Waals surface area contributed by atoms with Crippen LogP contribution in [0.3, 0.4) is 0 Å². The van der Waals surface area contributed by atoms with Crippen molar-refractivity contribution < 1.29 is 33.7 Å². The zero-order valence-corrected chi connectivity index (χ0v) is 15.4. The predicted octanol–water partition coefficient (Wildman–Crippen LogP) is 1.75. The fourth-order valence-electron chi connectivity index (χ4n) is 2.96. The number of aliphatic hydroxyl groups is 1. The van der Waals surface area contributed by atoms with Gasteiger partial charge in [-0.2, -0.15) is 0 Å². The van der Waals surface area contributed by atoms with Gasteiger partial charge in [0.25, 0.3) is 0 Å². The van der Waals surface area contributed by atoms with E-state index in [0.717, 1.165) is 5.57 Å². The summed E-state index contributed by atoms with van der Waals surface area (Å²) in [5.41, 5.74) is 2.13. The molecule has 0 amide bonds. The predicted molar refractivity (Wildman–Crippen MR) is 91.8 cm³/mol. The average molecular weight is 364 g/mol. The van der Waals surface area contributed by atoms with Crippen LogP contribution in [-0.4, -0.2) is 47.9 Å². The van der Waals surface area contributed by atoms with Crippen molar-refractivity contribution in [3.8, 4) is 0 Å². The van der Waals surface area contributed by atoms with Crippen LogP contribution < -0.4 is 0 Å². The van der Waals surface area contributed by atoms with Gasteiger partial charge in [-0.1, -0.05) is 5.57 Å². The molecule has 0 saturated carbocycles. The summed E-state index contributed by atoms with van der Waals surface area (Å²) in [7, 11) is 0. The largest absolute Gasteiger partial charge is 0.461 e. The van der Waals surface area contributed by atoms with Gasteiger partial charge >= 0.3 is 17.9 Å². The smallest absolute Gasteiger partial charge is 0.338 e. The van der Waals surface area contributed by atoms with Crippen LogP contribution in [0.5, 0.6) is 0 Å². The van der Waals surface area contributed by atoms with Gasteiger partial charge in [0.05, 0.1) is 11.7 Å². The molecule has 3 unspecified atom stereocenters. The third-order valence-corrected chi connectivity index (χ3v) is 4.34. The molecule has 1 heterocycles. The number of hydrogen-bond donors (Lipinski definition) is 1. The Hall–Kier alpha value is -2.41. The van der Waals surface area contributed by atoms with Crippen LogP contribution in [0.25, 0.3) is 0 Å². The van der Waals surface area contributed by atoms with E-state index >= 15 is 0 Å². The molecule has 0 spiro atoms. The van der Waals surface area contributed by atoms with Gasteiger partial charge in [0.1, 0.15) is 18.8 Å². The summed E-state index contributed by atoms with van der Waals surface area (Å²) in [4.78, 5) is 35.1. The molecule has 26 heavy (non-hydrogen) atoms. The van der Waals surface area contributed by atoms with Crippen molar-refractivity contribution >= 4 is 17.9 Å². The fourth-order valence-corrected chi connectivity index (χ4v) is 2.96. The first-order chi connectivity index (χ1) is 12.2. The van der Waals surface area contributed by atoms with Gasteiger partial charge in [-0.15, -0.1) is 0 Å². The SMILES string of the molecule is CC(=O)OCC1=C2C(OC(C)=O)C=C(C)C(O)CCC(C)=CC2OC1=O. The minimum absolute atomic E-state index is 0.152. The number of esters is 3. The third kappa shape index (κ3) is 4.82. The lowest BCUT2D eigenvalue weighted by molar-refractivity contribution is -0.143. The maximum atomic E-state index is 12.3. The van der Waals surface area contributed by atoms with Crippen LogP contribution in [-0.2, 0) is 28.6 Å². The maximum Gasteiger partial charge on any atom is 0.338 e. The number of carbonyl (C=O) groups is 3. The lowest BCUT2D eigenvalue weighted by Crippen LogP contribution is -2.26. The number of aliphatic hydroxyl groups excluding tert-OH is 1. The van der Waals surface area contributed by atoms with Crippen molar-refractivity contribution in [2.75, 3.05) is 6.61 Å². The molecule has 0 aromatic carbocycles. The van der Waals surface area contributed by atoms with Gasteiger partial charge in [0, 0.05) is 19.4 Å². The summed E-state index contributed by atoms with van der Waals surface area (Å²) in [5, 5.41) is 10.3. The molecule has 0 bridgehead atoms. The summed E-state index contributed by atoms with van der Waals surface area (Å²) >= 11 is 0. The normalized spacial score (nSPS) is 26.3. The second kappa shape index (κ2) is 8.31. The first kappa shape index (κ1) is 19.9. The Morgan fingerprint density at radius 3 is 2.54 bits per heavy atom. The summed E-state index contributed by atoms with van der Waals surface area (Å²) in [5.74, 6) is -1.69. The first-order valence-corrected chi connectivity index (χ1v) is 8.47. The number of hydrogen-bond acceptors (Lipinski definition) is 7. The van der Waals surface area contributed by atoms with E-state index in [1.54, 1.807) is 19.1 Å². The average Bonchev–Trinajstić information content (AvgIpc) is 2.83. The third-order valence-electron chi connectivity index (χ3n) is 4.34. The van der Waals surface area contributed by atoms with Crippen molar-refractivity contribution in [3.05, 3.63) is 34.4 Å². The summed E-state index contributed by atoms with van der Waals surface area (Å²) in [6.45, 7) is 5.85. The Kier molecular flexibility index (Phi) is 6.37. The maximum absolute atomic E-state index is 12.3. The first-order valence-electron chi connectivity index (χ1n) is 8.47. The van der Waals surface area contributed by atoms with Gasteiger partial charge in [0.2, 0.25) is 0 Å². The van der Waals surface area contributed by atoms with Crippen molar-refractivity contribution in [3.63, 3.8) is 0 Å². The lowest BCUT2D eigenvalue weighted by atomic mass is 9.92. The highest BCUT2D eigenvalue weighted by Gasteiger charge is 2.39. The van der Waals surface area contributed by atoms with E-state index < -0.39 is 36.2 Å². The van der Waals surface area contributed by atoms with Crippen molar-refractivity contribution in [1.82, 2.24) is 0 Å². The molecule has 1 aliphatic carbocycles. The molecule has 2 aliphatic rings. The Bertz CT molecular complexity index is 699. The molecule has 1 aliphatic heterocycles. The van der Waals surface area contributed by atoms with Gasteiger partial charge in [-0.05, 0) is 44.4 Å². The van der Waals surface area contributed by atoms with Crippen LogP contribution in [0.15, 0.2) is 34.4 Å². The number of carbonyl (C=O) groups excluding carboxylic acids is 3. The van der Waals surface area contributed by atoms with E-state index in [1.807, 2.05) is 6.92 Å². The number of fused-ring (bicyclic) bond motifs is 1. The monoisotopic (exact) mass is 364 g/mol. The Morgan fingerprint density at radius 2 is 1.92 bits per heavy atom. The van der Waals surface area contributed by atoms with Crippen molar-refractivity contribution in [2.45, 2.75) is 58.8 Å². The molecule has 0 fully saturated rings. The van der Waals surface area contributed by atoms with Crippen LogP contribution >= 0.6 is 0 Å². The van der Waals surface area contributed by atoms with Crippen LogP contribution in [0, 0.1) is 0 Å². The number of allylic oxidation sites excluding steroid dienone is 1. The molecule has 142 valence electrons. The van der Waals surface area contributed by atoms with E-state index in [-0.39, 0.29) is 12.2 Å². The summed E-state index contributed by atoms with van der Waals surface area (Å²) < 4.78 is 15.8. The van der Waals surface area contributed by atoms with Crippen molar-refractivity contribution in [2.24, 2.45) is 0 Å². The van der Waals surface area contributed by atoms with Gasteiger partial charge in [-0.25, -0.2) is 4.79 Å². The quantitative estimate of drug-likeness (QED) is 0.463. The van der Waals surface area contributed by atoms with Crippen LogP contribution in [0.1, 0.15) is 40.5 Å². The van der Waals surface area contributed by atoms with E-state index in [4.69, 9.17) is 14.2 Å². The molecular weight excluding hydrogens is 340 g/mol. The Labute approximate surface area is 152 Å². The minimum Gasteiger partial charge on any atom is -0.461 e. The number of rotatable bonds is 3. The van der Waals surface area contributed by atoms with Crippen LogP contribution in [0.4, 0.5) is 0 Å². The standard InChI is InChI=1S/C19H24O7/c1-10-5-6-15(22)11(2)8-17(25-13(4)21)18-14(9-24-12(3)20)19(23)26-16(18)7-10/h7-8,15-17,22H,5-6,9H2,1-4H3. The summed E-state index contributed by atoms with van der Waals surface area (Å²) in [6, 6.07) is 0. The number of ether oxygens (including phenoxy) is 3. The van der Waals surface area contributed by atoms with E-state index in [0.29, 0.717) is 24.0 Å². The second-order valence-corrected chi connectivity index (χ2v) is 6.55. The molecule has 7 heteroatoms. The molecule has 0 saturated heterocycles. The van der Waals surface area contributed by atoms with E-state index in [9.17, 15) is 19.5 Å². The summed E-state index contributed by atoms with van der Waals surface area (Å²) in [6.07, 6.45) is 2.22. The molecular formula is C19H24O7. The molecule has 0 aromatic rings. The van der Waals surface area contributed by atoms with Gasteiger partial charge < -0.3 is 19.3 Å². The van der Waals surface area contributed by atoms with Crippen molar-refractivity contribution in [1.29, 1.82) is 0 Å². The molecule has 3 atom stereocenters. The highest BCUT2D eigenvalue weighted by atomic mass is 16.6. The topological polar surface area (TPSA) is 99.1 Å². The zero-order chi connectivity index (χ0) is 19.4. The minimum atomic E-state index is -0.897. The zero-order valence-electron chi connectivity index (χ0n) is 15.4. The van der Waals surface area contributed by atoms with Crippen LogP contribution in [0.2, 0.25) is 0 Å². The molecule has 7 nitrogen and oxygen atoms in total. The highest BCUT2D eigenvalue weighted by molar-refractivity contribution is 5.94. The van der Waals surface area contributed by atoms with Gasteiger partial charge in [0.15, 0.2) is 0 Å². The van der Waals surface area contributed by atoms with Gasteiger partial charge in [-0.3, -0.25) is 9.59 Å². The molecule has 0 aromatic heterocycles. The fraction of sp³-hybridized carbons (Fsp3) is 0.526. The Balaban J connectivity index is 2.57. The van der Waals surface area contributed by atoms with E-state index in [2.05, 4.69) is 0 Å².